The average Bonchev–Trinajstić information content (AvgIpc) is 2.44. The van der Waals surface area contributed by atoms with Gasteiger partial charge in [0.25, 0.3) is 5.96 Å². The van der Waals surface area contributed by atoms with Gasteiger partial charge in [0.15, 0.2) is 17.5 Å². The third-order valence-corrected chi connectivity index (χ3v) is 1.69. The smallest absolute Gasteiger partial charge is 0.273 e. The number of rotatable bonds is 1. The van der Waals surface area contributed by atoms with E-state index in [4.69, 9.17) is 9.47 Å². The molecule has 0 aromatic carbocycles. The summed E-state index contributed by atoms with van der Waals surface area (Å²) in [6.45, 7) is 0.948. The Balaban J connectivity index is 2.02. The third-order valence-electron chi connectivity index (χ3n) is 1.69. The highest BCUT2D eigenvalue weighted by molar-refractivity contribution is 5.81. The summed E-state index contributed by atoms with van der Waals surface area (Å²) in [4.78, 5) is 10.0. The number of fused-ring (bicyclic) bond motifs is 1. The molecule has 0 amide bonds. The van der Waals surface area contributed by atoms with E-state index >= 15 is 0 Å². The van der Waals surface area contributed by atoms with Crippen molar-refractivity contribution in [1.29, 1.82) is 0 Å². The Hall–Kier alpha value is -1.41. The first-order chi connectivity index (χ1) is 6.25. The Morgan fingerprint density at radius 3 is 2.38 bits per heavy atom. The first-order valence-electron chi connectivity index (χ1n) is 3.75. The zero-order valence-corrected chi connectivity index (χ0v) is 6.60. The Bertz CT molecular complexity index is 239. The highest BCUT2D eigenvalue weighted by Gasteiger charge is 2.35. The van der Waals surface area contributed by atoms with Gasteiger partial charge < -0.3 is 20.1 Å². The fourth-order valence-corrected chi connectivity index (χ4v) is 1.21. The molecule has 2 rings (SSSR count). The van der Waals surface area contributed by atoms with E-state index in [2.05, 4.69) is 15.7 Å². The normalized spacial score (nSPS) is 31.5. The summed E-state index contributed by atoms with van der Waals surface area (Å²) in [6.07, 6.45) is -0.764. The highest BCUT2D eigenvalue weighted by atomic mass is 16.7. The van der Waals surface area contributed by atoms with Crippen molar-refractivity contribution in [3.8, 4) is 0 Å². The largest absolute Gasteiger partial charge is 0.351 e. The SMILES string of the molecule is O=[N+]([O-])N=C1NC2OCCOC2N1. The molecule has 2 heterocycles. The maximum absolute atomic E-state index is 10.0. The summed E-state index contributed by atoms with van der Waals surface area (Å²) < 4.78 is 10.4. The molecular formula is C5H8N4O4. The van der Waals surface area contributed by atoms with Crippen LogP contribution in [0.25, 0.3) is 0 Å². The second kappa shape index (κ2) is 3.15. The van der Waals surface area contributed by atoms with E-state index in [-0.39, 0.29) is 18.4 Å². The van der Waals surface area contributed by atoms with Crippen molar-refractivity contribution in [2.24, 2.45) is 5.10 Å². The minimum absolute atomic E-state index is 0.0712. The number of hydrogen-bond acceptors (Lipinski definition) is 4. The van der Waals surface area contributed by atoms with E-state index in [1.54, 1.807) is 0 Å². The van der Waals surface area contributed by atoms with Gasteiger partial charge in [-0.2, -0.15) is 0 Å². The van der Waals surface area contributed by atoms with Crippen molar-refractivity contribution in [2.45, 2.75) is 12.5 Å². The van der Waals surface area contributed by atoms with Gasteiger partial charge in [0.05, 0.1) is 13.2 Å². The Morgan fingerprint density at radius 2 is 1.92 bits per heavy atom. The molecule has 2 atom stereocenters. The Labute approximate surface area is 73.0 Å². The van der Waals surface area contributed by atoms with Gasteiger partial charge >= 0.3 is 0 Å². The molecule has 8 nitrogen and oxygen atoms in total. The van der Waals surface area contributed by atoms with Gasteiger partial charge in [-0.05, 0) is 0 Å². The minimum Gasteiger partial charge on any atom is -0.351 e. The van der Waals surface area contributed by atoms with Gasteiger partial charge in [0.2, 0.25) is 0 Å². The van der Waals surface area contributed by atoms with Crippen LogP contribution in [0.5, 0.6) is 0 Å². The van der Waals surface area contributed by atoms with E-state index in [0.717, 1.165) is 0 Å². The average molecular weight is 188 g/mol. The second-order valence-electron chi connectivity index (χ2n) is 2.56. The number of nitrogens with one attached hydrogen (secondary N) is 2. The van der Waals surface area contributed by atoms with Crippen LogP contribution in [0.3, 0.4) is 0 Å². The van der Waals surface area contributed by atoms with Crippen molar-refractivity contribution in [3.63, 3.8) is 0 Å². The van der Waals surface area contributed by atoms with Crippen LogP contribution < -0.4 is 10.6 Å². The molecule has 8 heteroatoms. The third kappa shape index (κ3) is 1.68. The summed E-state index contributed by atoms with van der Waals surface area (Å²) in [7, 11) is 0. The fraction of sp³-hybridized carbons (Fsp3) is 0.800. The van der Waals surface area contributed by atoms with E-state index in [9.17, 15) is 10.1 Å². The van der Waals surface area contributed by atoms with Gasteiger partial charge in [-0.15, -0.1) is 0 Å². The van der Waals surface area contributed by atoms with Gasteiger partial charge in [-0.25, -0.2) is 10.1 Å². The quantitative estimate of drug-likeness (QED) is 0.381. The van der Waals surface area contributed by atoms with Crippen LogP contribution in [0.15, 0.2) is 5.10 Å². The monoisotopic (exact) mass is 188 g/mol. The Morgan fingerprint density at radius 1 is 1.38 bits per heavy atom. The van der Waals surface area contributed by atoms with Crippen LogP contribution in [0.4, 0.5) is 0 Å². The predicted octanol–water partition coefficient (Wildman–Crippen LogP) is -1.57. The zero-order chi connectivity index (χ0) is 9.26. The van der Waals surface area contributed by atoms with Gasteiger partial charge in [0.1, 0.15) is 5.10 Å². The number of guanidine groups is 1. The molecule has 13 heavy (non-hydrogen) atoms. The van der Waals surface area contributed by atoms with E-state index < -0.39 is 5.03 Å². The number of hydrogen-bond donors (Lipinski definition) is 2. The summed E-state index contributed by atoms with van der Waals surface area (Å²) >= 11 is 0. The number of hydrazone groups is 1. The predicted molar refractivity (Wildman–Crippen MR) is 40.2 cm³/mol. The maximum atomic E-state index is 10.0. The second-order valence-corrected chi connectivity index (χ2v) is 2.56. The zero-order valence-electron chi connectivity index (χ0n) is 6.60. The topological polar surface area (TPSA) is 98.0 Å². The van der Waals surface area contributed by atoms with Crippen LogP contribution in [-0.2, 0) is 9.47 Å². The van der Waals surface area contributed by atoms with Crippen LogP contribution >= 0.6 is 0 Å². The maximum Gasteiger partial charge on any atom is 0.273 e. The lowest BCUT2D eigenvalue weighted by atomic mass is 10.5. The van der Waals surface area contributed by atoms with Gasteiger partial charge in [0, 0.05) is 0 Å². The van der Waals surface area contributed by atoms with Crippen molar-refractivity contribution in [2.75, 3.05) is 13.2 Å². The van der Waals surface area contributed by atoms with Crippen molar-refractivity contribution >= 4 is 5.96 Å². The molecule has 0 aliphatic carbocycles. The van der Waals surface area contributed by atoms with Crippen LogP contribution in [-0.4, -0.2) is 36.7 Å². The molecule has 2 saturated heterocycles. The van der Waals surface area contributed by atoms with Gasteiger partial charge in [-0.1, -0.05) is 0 Å². The molecule has 2 unspecified atom stereocenters. The summed E-state index contributed by atoms with van der Waals surface area (Å²) in [5.41, 5.74) is 0. The molecule has 0 bridgehead atoms. The Kier molecular flexibility index (Phi) is 1.99. The van der Waals surface area contributed by atoms with Crippen LogP contribution in [0.1, 0.15) is 0 Å². The molecule has 2 N–H and O–H groups in total. The molecule has 0 aromatic heterocycles. The minimum atomic E-state index is -0.785. The number of nitro groups is 1. The van der Waals surface area contributed by atoms with E-state index in [1.807, 2.05) is 0 Å². The molecule has 2 fully saturated rings. The van der Waals surface area contributed by atoms with Gasteiger partial charge in [-0.3, -0.25) is 0 Å². The van der Waals surface area contributed by atoms with Crippen LogP contribution in [0, 0.1) is 10.1 Å². The molecule has 72 valence electrons. The van der Waals surface area contributed by atoms with Crippen molar-refractivity contribution in [1.82, 2.24) is 10.6 Å². The highest BCUT2D eigenvalue weighted by Crippen LogP contribution is 2.09. The molecule has 2 aliphatic heterocycles. The molecule has 0 spiro atoms. The summed E-state index contributed by atoms with van der Waals surface area (Å²) in [6, 6.07) is 0. The number of ether oxygens (including phenoxy) is 2. The molecular weight excluding hydrogens is 180 g/mol. The first-order valence-corrected chi connectivity index (χ1v) is 3.75. The summed E-state index contributed by atoms with van der Waals surface area (Å²) in [5, 5.41) is 17.6. The fourth-order valence-electron chi connectivity index (χ4n) is 1.21. The van der Waals surface area contributed by atoms with Crippen molar-refractivity contribution < 1.29 is 14.5 Å². The lowest BCUT2D eigenvalue weighted by Crippen LogP contribution is -2.43. The van der Waals surface area contributed by atoms with E-state index in [1.165, 1.54) is 0 Å². The van der Waals surface area contributed by atoms with Crippen LogP contribution in [0.2, 0.25) is 0 Å². The van der Waals surface area contributed by atoms with Crippen molar-refractivity contribution in [3.05, 3.63) is 10.1 Å². The standard InChI is InChI=1S/C5H8N4O4/c10-9(11)8-5-6-3-4(7-5)13-2-1-12-3/h3-4H,1-2H2,(H2,6,7,8). The summed E-state index contributed by atoms with van der Waals surface area (Å²) in [5.74, 6) is 0.0712. The molecule has 2 aliphatic rings. The first kappa shape index (κ1) is 8.20. The van der Waals surface area contributed by atoms with E-state index in [0.29, 0.717) is 13.2 Å². The lowest BCUT2D eigenvalue weighted by Gasteiger charge is -2.24. The number of nitrogens with zero attached hydrogens (tertiary/aromatic N) is 2. The lowest BCUT2D eigenvalue weighted by molar-refractivity contribution is -0.485. The molecule has 0 saturated carbocycles. The molecule has 0 radical (unpaired) electrons. The molecule has 0 aromatic rings.